The van der Waals surface area contributed by atoms with Crippen LogP contribution in [0.4, 0.5) is 5.69 Å². The monoisotopic (exact) mass is 340 g/mol. The minimum absolute atomic E-state index is 0.0542. The largest absolute Gasteiger partial charge is 0.497 e. The lowest BCUT2D eigenvalue weighted by Gasteiger charge is -2.33. The number of ether oxygens (including phenoxy) is 2. The molecule has 5 nitrogen and oxygen atoms in total. The van der Waals surface area contributed by atoms with Crippen molar-refractivity contribution in [2.24, 2.45) is 5.92 Å². The van der Waals surface area contributed by atoms with E-state index >= 15 is 0 Å². The average Bonchev–Trinajstić information content (AvgIpc) is 2.67. The number of anilines is 1. The summed E-state index contributed by atoms with van der Waals surface area (Å²) in [5.41, 5.74) is 1.91. The Labute approximate surface area is 148 Å². The quantitative estimate of drug-likeness (QED) is 0.837. The van der Waals surface area contributed by atoms with Gasteiger partial charge < -0.3 is 14.4 Å². The second kappa shape index (κ2) is 8.12. The van der Waals surface area contributed by atoms with Crippen molar-refractivity contribution in [1.82, 2.24) is 4.98 Å². The van der Waals surface area contributed by atoms with Gasteiger partial charge >= 0.3 is 0 Å². The molecule has 1 aliphatic heterocycles. The Hall–Kier alpha value is -2.40. The molecule has 2 aromatic rings. The van der Waals surface area contributed by atoms with Crippen molar-refractivity contribution in [2.75, 3.05) is 18.6 Å². The summed E-state index contributed by atoms with van der Waals surface area (Å²) >= 11 is 0. The summed E-state index contributed by atoms with van der Waals surface area (Å²) in [6.07, 6.45) is 5.16. The van der Waals surface area contributed by atoms with E-state index in [9.17, 15) is 4.79 Å². The second-order valence-corrected chi connectivity index (χ2v) is 6.30. The molecule has 0 saturated carbocycles. The van der Waals surface area contributed by atoms with Crippen LogP contribution in [0, 0.1) is 5.92 Å². The molecule has 0 N–H and O–H groups in total. The van der Waals surface area contributed by atoms with Crippen LogP contribution in [0.3, 0.4) is 0 Å². The van der Waals surface area contributed by atoms with Gasteiger partial charge in [0.25, 0.3) is 0 Å². The topological polar surface area (TPSA) is 51.7 Å². The summed E-state index contributed by atoms with van der Waals surface area (Å²) in [7, 11) is 1.65. The van der Waals surface area contributed by atoms with E-state index in [1.54, 1.807) is 19.5 Å². The molecule has 3 rings (SSSR count). The predicted octanol–water partition coefficient (Wildman–Crippen LogP) is 3.44. The van der Waals surface area contributed by atoms with Gasteiger partial charge in [0.15, 0.2) is 0 Å². The van der Waals surface area contributed by atoms with Crippen LogP contribution in [0.2, 0.25) is 0 Å². The number of pyridine rings is 1. The Morgan fingerprint density at radius 3 is 2.60 bits per heavy atom. The summed E-state index contributed by atoms with van der Waals surface area (Å²) in [6, 6.07) is 11.5. The number of hydrogen-bond acceptors (Lipinski definition) is 4. The predicted molar refractivity (Wildman–Crippen MR) is 96.6 cm³/mol. The van der Waals surface area contributed by atoms with Crippen molar-refractivity contribution < 1.29 is 14.3 Å². The van der Waals surface area contributed by atoms with E-state index in [0.29, 0.717) is 6.54 Å². The average molecular weight is 340 g/mol. The van der Waals surface area contributed by atoms with Crippen LogP contribution >= 0.6 is 0 Å². The van der Waals surface area contributed by atoms with Crippen molar-refractivity contribution in [1.29, 1.82) is 0 Å². The maximum atomic E-state index is 13.2. The van der Waals surface area contributed by atoms with Crippen LogP contribution in [-0.2, 0) is 16.1 Å². The first-order valence-corrected chi connectivity index (χ1v) is 8.65. The van der Waals surface area contributed by atoms with E-state index in [1.165, 1.54) is 0 Å². The fourth-order valence-electron chi connectivity index (χ4n) is 3.18. The van der Waals surface area contributed by atoms with E-state index < -0.39 is 0 Å². The van der Waals surface area contributed by atoms with Crippen molar-refractivity contribution in [3.8, 4) is 5.75 Å². The number of methoxy groups -OCH3 is 1. The molecular weight excluding hydrogens is 316 g/mol. The highest BCUT2D eigenvalue weighted by atomic mass is 16.5. The normalized spacial score (nSPS) is 20.1. The van der Waals surface area contributed by atoms with Crippen LogP contribution < -0.4 is 9.64 Å². The molecule has 2 heterocycles. The fourth-order valence-corrected chi connectivity index (χ4v) is 3.18. The Kier molecular flexibility index (Phi) is 5.66. The molecule has 0 radical (unpaired) electrons. The maximum absolute atomic E-state index is 13.2. The molecule has 0 bridgehead atoms. The van der Waals surface area contributed by atoms with E-state index in [4.69, 9.17) is 9.47 Å². The number of rotatable bonds is 5. The number of aromatic nitrogens is 1. The summed E-state index contributed by atoms with van der Waals surface area (Å²) in [6.45, 7) is 3.23. The van der Waals surface area contributed by atoms with Gasteiger partial charge in [-0.15, -0.1) is 0 Å². The van der Waals surface area contributed by atoms with Gasteiger partial charge in [0.2, 0.25) is 5.91 Å². The lowest BCUT2D eigenvalue weighted by molar-refractivity contribution is -0.130. The molecule has 1 aromatic carbocycles. The number of carbonyl (C=O) groups excluding carboxylic acids is 1. The van der Waals surface area contributed by atoms with Gasteiger partial charge in [-0.05, 0) is 49.6 Å². The zero-order valence-corrected chi connectivity index (χ0v) is 14.7. The van der Waals surface area contributed by atoms with Crippen LogP contribution in [0.15, 0.2) is 48.8 Å². The molecular formula is C20H24N2O3. The number of amides is 1. The molecule has 0 spiro atoms. The molecule has 1 amide bonds. The van der Waals surface area contributed by atoms with Gasteiger partial charge in [-0.1, -0.05) is 12.1 Å². The van der Waals surface area contributed by atoms with E-state index in [0.717, 1.165) is 36.4 Å². The Morgan fingerprint density at radius 2 is 1.96 bits per heavy atom. The van der Waals surface area contributed by atoms with Gasteiger partial charge in [-0.2, -0.15) is 0 Å². The van der Waals surface area contributed by atoms with Gasteiger partial charge in [-0.25, -0.2) is 0 Å². The zero-order chi connectivity index (χ0) is 17.6. The van der Waals surface area contributed by atoms with Gasteiger partial charge in [-0.3, -0.25) is 9.78 Å². The van der Waals surface area contributed by atoms with Gasteiger partial charge in [0.1, 0.15) is 5.75 Å². The molecule has 25 heavy (non-hydrogen) atoms. The summed E-state index contributed by atoms with van der Waals surface area (Å²) < 4.78 is 10.9. The third-order valence-corrected chi connectivity index (χ3v) is 4.66. The minimum atomic E-state index is -0.111. The van der Waals surface area contributed by atoms with Crippen molar-refractivity contribution in [3.63, 3.8) is 0 Å². The first kappa shape index (κ1) is 17.4. The zero-order valence-electron chi connectivity index (χ0n) is 14.7. The standard InChI is InChI=1S/C20H24N2O3/c1-15-19(4-3-13-25-15)20(23)22(17-9-11-21-12-10-17)14-16-5-7-18(24-2)8-6-16/h5-12,15,19H,3-4,13-14H2,1-2H3/t15-,19-/m0/s1. The SMILES string of the molecule is COc1ccc(CN(C(=O)[C@H]2CCCO[C@H]2C)c2ccncc2)cc1. The highest BCUT2D eigenvalue weighted by molar-refractivity contribution is 5.95. The number of hydrogen-bond donors (Lipinski definition) is 0. The minimum Gasteiger partial charge on any atom is -0.497 e. The maximum Gasteiger partial charge on any atom is 0.233 e. The molecule has 0 unspecified atom stereocenters. The van der Waals surface area contributed by atoms with E-state index in [1.807, 2.05) is 48.2 Å². The first-order valence-electron chi connectivity index (χ1n) is 8.65. The van der Waals surface area contributed by atoms with Crippen molar-refractivity contribution in [3.05, 3.63) is 54.4 Å². The van der Waals surface area contributed by atoms with E-state index in [-0.39, 0.29) is 17.9 Å². The number of benzene rings is 1. The third-order valence-electron chi connectivity index (χ3n) is 4.66. The number of nitrogens with zero attached hydrogens (tertiary/aromatic N) is 2. The first-order chi connectivity index (χ1) is 12.2. The molecule has 132 valence electrons. The van der Waals surface area contributed by atoms with Crippen LogP contribution in [0.5, 0.6) is 5.75 Å². The highest BCUT2D eigenvalue weighted by Crippen LogP contribution is 2.27. The molecule has 1 saturated heterocycles. The van der Waals surface area contributed by atoms with Crippen LogP contribution in [0.1, 0.15) is 25.3 Å². The molecule has 1 fully saturated rings. The molecule has 2 atom stereocenters. The lowest BCUT2D eigenvalue weighted by Crippen LogP contribution is -2.42. The Balaban J connectivity index is 1.85. The van der Waals surface area contributed by atoms with Crippen LogP contribution in [0.25, 0.3) is 0 Å². The smallest absolute Gasteiger partial charge is 0.233 e. The summed E-state index contributed by atoms with van der Waals surface area (Å²) in [4.78, 5) is 19.1. The van der Waals surface area contributed by atoms with Crippen LogP contribution in [-0.4, -0.2) is 30.7 Å². The van der Waals surface area contributed by atoms with E-state index in [2.05, 4.69) is 4.98 Å². The lowest BCUT2D eigenvalue weighted by atomic mass is 9.93. The number of carbonyl (C=O) groups is 1. The fraction of sp³-hybridized carbons (Fsp3) is 0.400. The Bertz CT molecular complexity index is 688. The molecule has 5 heteroatoms. The summed E-state index contributed by atoms with van der Waals surface area (Å²) in [5.74, 6) is 0.800. The highest BCUT2D eigenvalue weighted by Gasteiger charge is 2.32. The van der Waals surface area contributed by atoms with Gasteiger partial charge in [0.05, 0.1) is 25.7 Å². The van der Waals surface area contributed by atoms with Gasteiger partial charge in [0, 0.05) is 24.7 Å². The molecule has 1 aromatic heterocycles. The summed E-state index contributed by atoms with van der Waals surface area (Å²) in [5, 5.41) is 0. The third kappa shape index (κ3) is 4.17. The molecule has 0 aliphatic carbocycles. The Morgan fingerprint density at radius 1 is 1.24 bits per heavy atom. The van der Waals surface area contributed by atoms with Crippen molar-refractivity contribution in [2.45, 2.75) is 32.4 Å². The second-order valence-electron chi connectivity index (χ2n) is 6.30. The van der Waals surface area contributed by atoms with Crippen molar-refractivity contribution >= 4 is 11.6 Å². The molecule has 1 aliphatic rings.